The van der Waals surface area contributed by atoms with Gasteiger partial charge in [-0.25, -0.2) is 4.98 Å². The Kier molecular flexibility index (Phi) is 3.25. The van der Waals surface area contributed by atoms with Gasteiger partial charge in [0.25, 0.3) is 0 Å². The largest absolute Gasteiger partial charge is 0.282 e. The van der Waals surface area contributed by atoms with E-state index in [4.69, 9.17) is 11.6 Å². The first kappa shape index (κ1) is 9.99. The molecule has 0 amide bonds. The molecule has 2 rings (SSSR count). The lowest BCUT2D eigenvalue weighted by molar-refractivity contribution is 1.07. The fourth-order valence-corrected chi connectivity index (χ4v) is 1.24. The van der Waals surface area contributed by atoms with E-state index in [2.05, 4.69) is 15.2 Å². The molecule has 0 spiro atoms. The molecule has 13 heavy (non-hydrogen) atoms. The van der Waals surface area contributed by atoms with Gasteiger partial charge in [0.2, 0.25) is 0 Å². The molecule has 1 N–H and O–H groups in total. The normalized spacial score (nSPS) is 9.54. The summed E-state index contributed by atoms with van der Waals surface area (Å²) < 4.78 is 0. The molecule has 0 bridgehead atoms. The Morgan fingerprint density at radius 2 is 2.08 bits per heavy atom. The zero-order chi connectivity index (χ0) is 9.84. The molecule has 0 fully saturated rings. The van der Waals surface area contributed by atoms with Crippen LogP contribution in [0.25, 0.3) is 10.9 Å². The summed E-state index contributed by atoms with van der Waals surface area (Å²) in [5.74, 6) is 0. The van der Waals surface area contributed by atoms with E-state index >= 15 is 0 Å². The number of halogens is 1. The number of hydrogen-bond donors (Lipinski definition) is 1. The van der Waals surface area contributed by atoms with Crippen LogP contribution in [0.2, 0.25) is 5.15 Å². The SMILES string of the molecule is CC.Cc1[nH]nc2c(Cl)nccc12. The molecule has 0 saturated heterocycles. The Bertz CT molecular complexity index is 395. The van der Waals surface area contributed by atoms with Gasteiger partial charge in [0.15, 0.2) is 5.15 Å². The second-order valence-electron chi connectivity index (χ2n) is 2.35. The highest BCUT2D eigenvalue weighted by Gasteiger charge is 2.03. The lowest BCUT2D eigenvalue weighted by Gasteiger charge is -1.88. The number of hydrogen-bond acceptors (Lipinski definition) is 2. The number of fused-ring (bicyclic) bond motifs is 1. The first-order valence-electron chi connectivity index (χ1n) is 4.24. The molecule has 2 aromatic heterocycles. The fourth-order valence-electron chi connectivity index (χ4n) is 1.04. The minimum atomic E-state index is 0.451. The zero-order valence-corrected chi connectivity index (χ0v) is 8.68. The molecule has 70 valence electrons. The molecular formula is C9H12ClN3. The molecule has 0 aliphatic heterocycles. The molecular weight excluding hydrogens is 186 g/mol. The van der Waals surface area contributed by atoms with Crippen molar-refractivity contribution in [1.82, 2.24) is 15.2 Å². The zero-order valence-electron chi connectivity index (χ0n) is 7.93. The van der Waals surface area contributed by atoms with Gasteiger partial charge in [-0.15, -0.1) is 0 Å². The smallest absolute Gasteiger partial charge is 0.157 e. The summed E-state index contributed by atoms with van der Waals surface area (Å²) >= 11 is 5.78. The summed E-state index contributed by atoms with van der Waals surface area (Å²) in [7, 11) is 0. The first-order chi connectivity index (χ1) is 6.29. The van der Waals surface area contributed by atoms with Crippen LogP contribution in [0.15, 0.2) is 12.3 Å². The molecule has 0 aromatic carbocycles. The number of nitrogens with one attached hydrogen (secondary N) is 1. The van der Waals surface area contributed by atoms with Gasteiger partial charge in [-0.1, -0.05) is 25.4 Å². The Balaban J connectivity index is 0.000000396. The van der Waals surface area contributed by atoms with Gasteiger partial charge in [-0.3, -0.25) is 5.10 Å². The molecule has 0 radical (unpaired) electrons. The molecule has 3 nitrogen and oxygen atoms in total. The standard InChI is InChI=1S/C7H6ClN3.C2H6/c1-4-5-2-3-9-7(8)6(5)11-10-4;1-2/h2-3H,1H3,(H,10,11);1-2H3. The third-order valence-corrected chi connectivity index (χ3v) is 1.90. The molecule has 0 aliphatic rings. The highest BCUT2D eigenvalue weighted by atomic mass is 35.5. The monoisotopic (exact) mass is 197 g/mol. The van der Waals surface area contributed by atoms with Crippen LogP contribution in [-0.4, -0.2) is 15.2 Å². The summed E-state index contributed by atoms with van der Waals surface area (Å²) in [5, 5.41) is 8.32. The summed E-state index contributed by atoms with van der Waals surface area (Å²) in [4.78, 5) is 3.90. The van der Waals surface area contributed by atoms with Crippen LogP contribution in [0.3, 0.4) is 0 Å². The van der Waals surface area contributed by atoms with Gasteiger partial charge in [-0.2, -0.15) is 5.10 Å². The van der Waals surface area contributed by atoms with E-state index in [1.807, 2.05) is 26.8 Å². The Hall–Kier alpha value is -1.09. The van der Waals surface area contributed by atoms with Gasteiger partial charge in [-0.05, 0) is 13.0 Å². The Labute approximate surface area is 82.1 Å². The minimum absolute atomic E-state index is 0.451. The lowest BCUT2D eigenvalue weighted by Crippen LogP contribution is -1.75. The van der Waals surface area contributed by atoms with Crippen LogP contribution in [-0.2, 0) is 0 Å². The van der Waals surface area contributed by atoms with E-state index in [9.17, 15) is 0 Å². The second kappa shape index (κ2) is 4.23. The number of aromatic amines is 1. The molecule has 4 heteroatoms. The van der Waals surface area contributed by atoms with Gasteiger partial charge in [0.05, 0.1) is 0 Å². The van der Waals surface area contributed by atoms with E-state index in [-0.39, 0.29) is 0 Å². The number of pyridine rings is 1. The van der Waals surface area contributed by atoms with Crippen molar-refractivity contribution in [2.24, 2.45) is 0 Å². The third kappa shape index (κ3) is 1.80. The molecule has 0 unspecified atom stereocenters. The first-order valence-corrected chi connectivity index (χ1v) is 4.62. The van der Waals surface area contributed by atoms with Crippen molar-refractivity contribution >= 4 is 22.5 Å². The number of H-pyrrole nitrogens is 1. The van der Waals surface area contributed by atoms with Crippen molar-refractivity contribution in [2.45, 2.75) is 20.8 Å². The molecule has 0 saturated carbocycles. The summed E-state index contributed by atoms with van der Waals surface area (Å²) in [6.07, 6.45) is 1.67. The van der Waals surface area contributed by atoms with Gasteiger partial charge in [0, 0.05) is 17.3 Å². The molecule has 0 aliphatic carbocycles. The quantitative estimate of drug-likeness (QED) is 0.660. The Morgan fingerprint density at radius 1 is 1.38 bits per heavy atom. The number of rotatable bonds is 0. The highest BCUT2D eigenvalue weighted by Crippen LogP contribution is 2.19. The maximum absolute atomic E-state index is 5.78. The van der Waals surface area contributed by atoms with Crippen molar-refractivity contribution in [3.63, 3.8) is 0 Å². The average molecular weight is 198 g/mol. The topological polar surface area (TPSA) is 41.6 Å². The van der Waals surface area contributed by atoms with Crippen molar-refractivity contribution < 1.29 is 0 Å². The van der Waals surface area contributed by atoms with Gasteiger partial charge in [0.1, 0.15) is 5.52 Å². The van der Waals surface area contributed by atoms with Crippen LogP contribution in [0.1, 0.15) is 19.5 Å². The van der Waals surface area contributed by atoms with Crippen LogP contribution in [0, 0.1) is 6.92 Å². The predicted molar refractivity (Wildman–Crippen MR) is 55.0 cm³/mol. The summed E-state index contributed by atoms with van der Waals surface area (Å²) in [6, 6.07) is 1.89. The van der Waals surface area contributed by atoms with E-state index in [1.165, 1.54) is 0 Å². The predicted octanol–water partition coefficient (Wildman–Crippen LogP) is 2.95. The van der Waals surface area contributed by atoms with Crippen LogP contribution in [0.4, 0.5) is 0 Å². The van der Waals surface area contributed by atoms with Crippen LogP contribution in [0.5, 0.6) is 0 Å². The van der Waals surface area contributed by atoms with E-state index in [1.54, 1.807) is 6.20 Å². The number of aryl methyl sites for hydroxylation is 1. The maximum Gasteiger partial charge on any atom is 0.157 e. The summed E-state index contributed by atoms with van der Waals surface area (Å²) in [6.45, 7) is 5.95. The van der Waals surface area contributed by atoms with E-state index in [0.29, 0.717) is 5.15 Å². The van der Waals surface area contributed by atoms with Crippen LogP contribution >= 0.6 is 11.6 Å². The lowest BCUT2D eigenvalue weighted by atomic mass is 10.3. The number of nitrogens with zero attached hydrogens (tertiary/aromatic N) is 2. The van der Waals surface area contributed by atoms with E-state index in [0.717, 1.165) is 16.6 Å². The molecule has 0 atom stereocenters. The van der Waals surface area contributed by atoms with Crippen molar-refractivity contribution in [2.75, 3.05) is 0 Å². The fraction of sp³-hybridized carbons (Fsp3) is 0.333. The van der Waals surface area contributed by atoms with Crippen molar-refractivity contribution in [3.05, 3.63) is 23.1 Å². The van der Waals surface area contributed by atoms with Crippen molar-refractivity contribution in [1.29, 1.82) is 0 Å². The average Bonchev–Trinajstić information content (AvgIpc) is 2.53. The van der Waals surface area contributed by atoms with Gasteiger partial charge < -0.3 is 0 Å². The number of aromatic nitrogens is 3. The maximum atomic E-state index is 5.78. The minimum Gasteiger partial charge on any atom is -0.282 e. The van der Waals surface area contributed by atoms with Crippen molar-refractivity contribution in [3.8, 4) is 0 Å². The Morgan fingerprint density at radius 3 is 2.69 bits per heavy atom. The highest BCUT2D eigenvalue weighted by molar-refractivity contribution is 6.33. The van der Waals surface area contributed by atoms with Gasteiger partial charge >= 0.3 is 0 Å². The van der Waals surface area contributed by atoms with Crippen LogP contribution < -0.4 is 0 Å². The second-order valence-corrected chi connectivity index (χ2v) is 2.70. The third-order valence-electron chi connectivity index (χ3n) is 1.62. The molecule has 2 aromatic rings. The molecule has 2 heterocycles. The summed E-state index contributed by atoms with van der Waals surface area (Å²) in [5.41, 5.74) is 1.76. The van der Waals surface area contributed by atoms with E-state index < -0.39 is 0 Å².